The quantitative estimate of drug-likeness (QED) is 0.612. The summed E-state index contributed by atoms with van der Waals surface area (Å²) < 4.78 is 33.4. The number of hydrogen-bond acceptors (Lipinski definition) is 3. The fraction of sp³-hybridized carbons (Fsp3) is 0. The summed E-state index contributed by atoms with van der Waals surface area (Å²) in [5.41, 5.74) is 5.69. The monoisotopic (exact) mass is 253 g/mol. The molecule has 0 saturated carbocycles. The molecule has 0 radical (unpaired) electrons. The van der Waals surface area contributed by atoms with Gasteiger partial charge in [-0.05, 0) is 34.1 Å². The van der Waals surface area contributed by atoms with E-state index in [9.17, 15) is 12.3 Å². The Morgan fingerprint density at radius 3 is 2.42 bits per heavy atom. The van der Waals surface area contributed by atoms with E-state index in [1.807, 2.05) is 0 Å². The molecular formula is C6H5BrFNO2S. The van der Waals surface area contributed by atoms with Crippen molar-refractivity contribution in [2.45, 2.75) is 4.90 Å². The number of nitrogen functional groups attached to an aromatic ring is 1. The highest BCUT2D eigenvalue weighted by atomic mass is 79.9. The van der Waals surface area contributed by atoms with Gasteiger partial charge in [0.25, 0.3) is 0 Å². The SMILES string of the molecule is Nc1ccc(S(=O)(=O)F)c(Br)c1. The van der Waals surface area contributed by atoms with Crippen LogP contribution in [0.25, 0.3) is 0 Å². The third kappa shape index (κ3) is 1.95. The molecule has 0 saturated heterocycles. The first-order valence-electron chi connectivity index (χ1n) is 2.91. The summed E-state index contributed by atoms with van der Waals surface area (Å²) in [5, 5.41) is 0. The highest BCUT2D eigenvalue weighted by molar-refractivity contribution is 9.10. The molecule has 0 aromatic heterocycles. The lowest BCUT2D eigenvalue weighted by Gasteiger charge is -1.99. The second-order valence-electron chi connectivity index (χ2n) is 2.13. The van der Waals surface area contributed by atoms with Gasteiger partial charge in [0.2, 0.25) is 0 Å². The molecule has 1 aromatic carbocycles. The Balaban J connectivity index is 3.39. The molecule has 0 spiro atoms. The first kappa shape index (κ1) is 9.47. The molecule has 0 aliphatic heterocycles. The molecule has 0 atom stereocenters. The average Bonchev–Trinajstić information content (AvgIpc) is 1.83. The molecular weight excluding hydrogens is 249 g/mol. The normalized spacial score (nSPS) is 11.5. The maximum absolute atomic E-state index is 12.4. The third-order valence-electron chi connectivity index (χ3n) is 1.22. The Kier molecular flexibility index (Phi) is 2.39. The van der Waals surface area contributed by atoms with Crippen LogP contribution in [0, 0.1) is 0 Å². The Morgan fingerprint density at radius 2 is 2.00 bits per heavy atom. The highest BCUT2D eigenvalue weighted by Gasteiger charge is 2.15. The van der Waals surface area contributed by atoms with Crippen molar-refractivity contribution in [1.82, 2.24) is 0 Å². The van der Waals surface area contributed by atoms with E-state index in [1.54, 1.807) is 0 Å². The van der Waals surface area contributed by atoms with Gasteiger partial charge in [0.15, 0.2) is 0 Å². The number of nitrogens with two attached hydrogens (primary N) is 1. The van der Waals surface area contributed by atoms with Gasteiger partial charge in [0, 0.05) is 10.2 Å². The predicted molar refractivity (Wildman–Crippen MR) is 46.8 cm³/mol. The van der Waals surface area contributed by atoms with Gasteiger partial charge in [-0.2, -0.15) is 8.42 Å². The zero-order chi connectivity index (χ0) is 9.35. The summed E-state index contributed by atoms with van der Waals surface area (Å²) in [6, 6.07) is 3.75. The van der Waals surface area contributed by atoms with Crippen LogP contribution in [0.3, 0.4) is 0 Å². The van der Waals surface area contributed by atoms with Gasteiger partial charge < -0.3 is 5.73 Å². The largest absolute Gasteiger partial charge is 0.399 e. The molecule has 66 valence electrons. The second kappa shape index (κ2) is 3.02. The Hall–Kier alpha value is -0.620. The average molecular weight is 254 g/mol. The minimum Gasteiger partial charge on any atom is -0.399 e. The van der Waals surface area contributed by atoms with Gasteiger partial charge >= 0.3 is 10.2 Å². The van der Waals surface area contributed by atoms with Gasteiger partial charge in [-0.25, -0.2) is 0 Å². The maximum atomic E-state index is 12.4. The minimum atomic E-state index is -4.65. The first-order chi connectivity index (χ1) is 5.41. The smallest absolute Gasteiger partial charge is 0.333 e. The fourth-order valence-corrected chi connectivity index (χ4v) is 2.21. The van der Waals surface area contributed by atoms with Crippen molar-refractivity contribution in [3.63, 3.8) is 0 Å². The summed E-state index contributed by atoms with van der Waals surface area (Å²) in [5.74, 6) is 0. The van der Waals surface area contributed by atoms with E-state index in [0.717, 1.165) is 6.07 Å². The number of hydrogen-bond donors (Lipinski definition) is 1. The molecule has 0 aliphatic rings. The van der Waals surface area contributed by atoms with Gasteiger partial charge in [-0.15, -0.1) is 3.89 Å². The van der Waals surface area contributed by atoms with E-state index in [0.29, 0.717) is 5.69 Å². The Bertz CT molecular complexity index is 404. The van der Waals surface area contributed by atoms with Crippen LogP contribution in [-0.4, -0.2) is 8.42 Å². The van der Waals surface area contributed by atoms with Crippen LogP contribution in [0.2, 0.25) is 0 Å². The Labute approximate surface area is 77.7 Å². The molecule has 0 amide bonds. The molecule has 0 aliphatic carbocycles. The van der Waals surface area contributed by atoms with Crippen molar-refractivity contribution in [2.75, 3.05) is 5.73 Å². The summed E-state index contributed by atoms with van der Waals surface area (Å²) in [6.45, 7) is 0. The van der Waals surface area contributed by atoms with Crippen molar-refractivity contribution in [3.05, 3.63) is 22.7 Å². The number of rotatable bonds is 1. The van der Waals surface area contributed by atoms with Crippen LogP contribution >= 0.6 is 15.9 Å². The van der Waals surface area contributed by atoms with Crippen LogP contribution in [0.5, 0.6) is 0 Å². The van der Waals surface area contributed by atoms with Crippen molar-refractivity contribution < 1.29 is 12.3 Å². The predicted octanol–water partition coefficient (Wildman–Crippen LogP) is 1.69. The van der Waals surface area contributed by atoms with Gasteiger partial charge in [0.05, 0.1) is 0 Å². The summed E-state index contributed by atoms with van der Waals surface area (Å²) >= 11 is 2.88. The van der Waals surface area contributed by atoms with Gasteiger partial charge in [-0.1, -0.05) is 0 Å². The molecule has 1 rings (SSSR count). The number of anilines is 1. The minimum absolute atomic E-state index is 0.130. The molecule has 0 fully saturated rings. The summed E-state index contributed by atoms with van der Waals surface area (Å²) in [6.07, 6.45) is 0. The number of benzene rings is 1. The van der Waals surface area contributed by atoms with Crippen molar-refractivity contribution in [1.29, 1.82) is 0 Å². The van der Waals surface area contributed by atoms with Crippen molar-refractivity contribution in [2.24, 2.45) is 0 Å². The third-order valence-corrected chi connectivity index (χ3v) is 3.02. The second-order valence-corrected chi connectivity index (χ2v) is 4.30. The van der Waals surface area contributed by atoms with E-state index in [2.05, 4.69) is 15.9 Å². The zero-order valence-corrected chi connectivity index (χ0v) is 8.19. The molecule has 3 nitrogen and oxygen atoms in total. The molecule has 12 heavy (non-hydrogen) atoms. The van der Waals surface area contributed by atoms with Crippen LogP contribution in [0.1, 0.15) is 0 Å². The lowest BCUT2D eigenvalue weighted by molar-refractivity contribution is 0.551. The Morgan fingerprint density at radius 1 is 1.42 bits per heavy atom. The maximum Gasteiger partial charge on any atom is 0.333 e. The summed E-state index contributed by atoms with van der Waals surface area (Å²) in [4.78, 5) is -0.406. The van der Waals surface area contributed by atoms with E-state index >= 15 is 0 Å². The van der Waals surface area contributed by atoms with E-state index in [1.165, 1.54) is 12.1 Å². The van der Waals surface area contributed by atoms with Crippen LogP contribution < -0.4 is 5.73 Å². The lowest BCUT2D eigenvalue weighted by atomic mass is 10.3. The fourth-order valence-electron chi connectivity index (χ4n) is 0.715. The van der Waals surface area contributed by atoms with Crippen molar-refractivity contribution >= 4 is 31.8 Å². The van der Waals surface area contributed by atoms with Crippen molar-refractivity contribution in [3.8, 4) is 0 Å². The summed E-state index contributed by atoms with van der Waals surface area (Å²) in [7, 11) is -4.65. The molecule has 0 unspecified atom stereocenters. The van der Waals surface area contributed by atoms with Gasteiger partial charge in [-0.3, -0.25) is 0 Å². The zero-order valence-electron chi connectivity index (χ0n) is 5.79. The highest BCUT2D eigenvalue weighted by Crippen LogP contribution is 2.25. The molecule has 0 bridgehead atoms. The lowest BCUT2D eigenvalue weighted by Crippen LogP contribution is -1.94. The first-order valence-corrected chi connectivity index (χ1v) is 5.08. The van der Waals surface area contributed by atoms with Gasteiger partial charge in [0.1, 0.15) is 4.90 Å². The van der Waals surface area contributed by atoms with E-state index in [4.69, 9.17) is 5.73 Å². The van der Waals surface area contributed by atoms with Crippen LogP contribution in [-0.2, 0) is 10.2 Å². The molecule has 1 aromatic rings. The topological polar surface area (TPSA) is 60.2 Å². The molecule has 6 heteroatoms. The van der Waals surface area contributed by atoms with E-state index < -0.39 is 15.1 Å². The molecule has 2 N–H and O–H groups in total. The van der Waals surface area contributed by atoms with E-state index in [-0.39, 0.29) is 4.47 Å². The standard InChI is InChI=1S/C6H5BrFNO2S/c7-5-3-4(9)1-2-6(5)12(8,10)11/h1-3H,9H2. The number of halogens is 2. The molecule has 0 heterocycles. The van der Waals surface area contributed by atoms with Crippen LogP contribution in [0.15, 0.2) is 27.6 Å². The van der Waals surface area contributed by atoms with Crippen LogP contribution in [0.4, 0.5) is 9.57 Å².